The molecule has 1 aliphatic heterocycles. The Hall–Kier alpha value is -2.57. The Balaban J connectivity index is 1.85. The molecule has 0 aromatic heterocycles. The summed E-state index contributed by atoms with van der Waals surface area (Å²) in [6, 6.07) is 7.78. The lowest BCUT2D eigenvalue weighted by atomic mass is 10.2. The van der Waals surface area contributed by atoms with E-state index in [4.69, 9.17) is 19.9 Å². The quantitative estimate of drug-likeness (QED) is 0.856. The second-order valence-electron chi connectivity index (χ2n) is 4.37. The van der Waals surface area contributed by atoms with Crippen molar-refractivity contribution in [3.63, 3.8) is 0 Å². The standard InChI is InChI=1S/C14H10F3NO3/c15-14(16,17)8-1-3-11(10(18)5-8)21-9-2-4-12-13(6-9)20-7-19-12/h1-6H,7,18H2. The smallest absolute Gasteiger partial charge is 0.416 e. The van der Waals surface area contributed by atoms with Gasteiger partial charge in [-0.1, -0.05) is 0 Å². The van der Waals surface area contributed by atoms with Crippen LogP contribution in [0.1, 0.15) is 5.56 Å². The third kappa shape index (κ3) is 2.67. The predicted molar refractivity (Wildman–Crippen MR) is 68.5 cm³/mol. The summed E-state index contributed by atoms with van der Waals surface area (Å²) in [6.07, 6.45) is -4.44. The van der Waals surface area contributed by atoms with Gasteiger partial charge in [0, 0.05) is 6.07 Å². The number of ether oxygens (including phenoxy) is 3. The van der Waals surface area contributed by atoms with Crippen molar-refractivity contribution in [1.82, 2.24) is 0 Å². The molecule has 0 saturated heterocycles. The van der Waals surface area contributed by atoms with E-state index < -0.39 is 11.7 Å². The lowest BCUT2D eigenvalue weighted by Gasteiger charge is -2.12. The van der Waals surface area contributed by atoms with Crippen molar-refractivity contribution in [3.05, 3.63) is 42.0 Å². The van der Waals surface area contributed by atoms with Crippen LogP contribution >= 0.6 is 0 Å². The molecule has 1 aliphatic rings. The highest BCUT2D eigenvalue weighted by Crippen LogP contribution is 2.39. The second kappa shape index (κ2) is 4.76. The summed E-state index contributed by atoms with van der Waals surface area (Å²) >= 11 is 0. The SMILES string of the molecule is Nc1cc(C(F)(F)F)ccc1Oc1ccc2c(c1)OCO2. The van der Waals surface area contributed by atoms with Gasteiger partial charge in [-0.2, -0.15) is 13.2 Å². The molecular weight excluding hydrogens is 287 g/mol. The molecule has 0 unspecified atom stereocenters. The second-order valence-corrected chi connectivity index (χ2v) is 4.37. The third-order valence-corrected chi connectivity index (χ3v) is 2.91. The van der Waals surface area contributed by atoms with Crippen molar-refractivity contribution in [3.8, 4) is 23.0 Å². The molecule has 0 saturated carbocycles. The maximum Gasteiger partial charge on any atom is 0.416 e. The zero-order chi connectivity index (χ0) is 15.0. The van der Waals surface area contributed by atoms with Crippen molar-refractivity contribution >= 4 is 5.69 Å². The Labute approximate surface area is 117 Å². The summed E-state index contributed by atoms with van der Waals surface area (Å²) in [4.78, 5) is 0. The largest absolute Gasteiger partial charge is 0.455 e. The van der Waals surface area contributed by atoms with E-state index >= 15 is 0 Å². The number of hydrogen-bond acceptors (Lipinski definition) is 4. The highest BCUT2D eigenvalue weighted by molar-refractivity contribution is 5.57. The minimum Gasteiger partial charge on any atom is -0.455 e. The topological polar surface area (TPSA) is 53.7 Å². The van der Waals surface area contributed by atoms with E-state index in [1.54, 1.807) is 18.2 Å². The maximum absolute atomic E-state index is 12.5. The first kappa shape index (κ1) is 13.4. The minimum atomic E-state index is -4.44. The van der Waals surface area contributed by atoms with Crippen LogP contribution in [0.15, 0.2) is 36.4 Å². The molecule has 0 atom stereocenters. The molecule has 4 nitrogen and oxygen atoms in total. The van der Waals surface area contributed by atoms with Gasteiger partial charge in [0.15, 0.2) is 11.5 Å². The number of nitrogens with two attached hydrogens (primary N) is 1. The first-order chi connectivity index (χ1) is 9.93. The van der Waals surface area contributed by atoms with Crippen LogP contribution < -0.4 is 19.9 Å². The predicted octanol–water partition coefficient (Wildman–Crippen LogP) is 3.81. The monoisotopic (exact) mass is 297 g/mol. The Morgan fingerprint density at radius 3 is 2.48 bits per heavy atom. The zero-order valence-corrected chi connectivity index (χ0v) is 10.6. The van der Waals surface area contributed by atoms with Gasteiger partial charge in [0.2, 0.25) is 6.79 Å². The number of rotatable bonds is 2. The summed E-state index contributed by atoms with van der Waals surface area (Å²) < 4.78 is 53.5. The molecule has 21 heavy (non-hydrogen) atoms. The number of alkyl halides is 3. The van der Waals surface area contributed by atoms with E-state index in [0.29, 0.717) is 17.2 Å². The van der Waals surface area contributed by atoms with Crippen LogP contribution in [0, 0.1) is 0 Å². The molecule has 3 rings (SSSR count). The van der Waals surface area contributed by atoms with E-state index in [2.05, 4.69) is 0 Å². The van der Waals surface area contributed by atoms with Crippen molar-refractivity contribution in [2.45, 2.75) is 6.18 Å². The van der Waals surface area contributed by atoms with Crippen LogP contribution in [-0.2, 0) is 6.18 Å². The van der Waals surface area contributed by atoms with E-state index in [0.717, 1.165) is 12.1 Å². The fourth-order valence-electron chi connectivity index (χ4n) is 1.89. The van der Waals surface area contributed by atoms with Crippen molar-refractivity contribution < 1.29 is 27.4 Å². The van der Waals surface area contributed by atoms with Crippen molar-refractivity contribution in [2.75, 3.05) is 12.5 Å². The van der Waals surface area contributed by atoms with Crippen LogP contribution in [0.3, 0.4) is 0 Å². The summed E-state index contributed by atoms with van der Waals surface area (Å²) in [7, 11) is 0. The molecule has 7 heteroatoms. The number of benzene rings is 2. The fraction of sp³-hybridized carbons (Fsp3) is 0.143. The van der Waals surface area contributed by atoms with Crippen molar-refractivity contribution in [2.24, 2.45) is 0 Å². The molecule has 110 valence electrons. The Morgan fingerprint density at radius 1 is 1.00 bits per heavy atom. The third-order valence-electron chi connectivity index (χ3n) is 2.91. The molecule has 2 N–H and O–H groups in total. The lowest BCUT2D eigenvalue weighted by molar-refractivity contribution is -0.137. The number of fused-ring (bicyclic) bond motifs is 1. The highest BCUT2D eigenvalue weighted by Gasteiger charge is 2.31. The molecule has 2 aromatic rings. The average molecular weight is 297 g/mol. The molecule has 1 heterocycles. The van der Waals surface area contributed by atoms with Crippen LogP contribution in [0.5, 0.6) is 23.0 Å². The van der Waals surface area contributed by atoms with Gasteiger partial charge < -0.3 is 19.9 Å². The number of hydrogen-bond donors (Lipinski definition) is 1. The first-order valence-corrected chi connectivity index (χ1v) is 5.98. The van der Waals surface area contributed by atoms with Gasteiger partial charge in [-0.15, -0.1) is 0 Å². The summed E-state index contributed by atoms with van der Waals surface area (Å²) in [5.74, 6) is 1.63. The summed E-state index contributed by atoms with van der Waals surface area (Å²) in [5, 5.41) is 0. The molecule has 0 amide bonds. The number of anilines is 1. The minimum absolute atomic E-state index is 0.0949. The Bertz CT molecular complexity index is 686. The summed E-state index contributed by atoms with van der Waals surface area (Å²) in [5.41, 5.74) is 4.68. The molecular formula is C14H10F3NO3. The number of nitrogen functional groups attached to an aromatic ring is 1. The van der Waals surface area contributed by atoms with Gasteiger partial charge in [0.05, 0.1) is 11.3 Å². The molecule has 0 aliphatic carbocycles. The van der Waals surface area contributed by atoms with Gasteiger partial charge in [-0.05, 0) is 30.3 Å². The summed E-state index contributed by atoms with van der Waals surface area (Å²) in [6.45, 7) is 0.126. The van der Waals surface area contributed by atoms with Crippen LogP contribution in [-0.4, -0.2) is 6.79 Å². The van der Waals surface area contributed by atoms with Gasteiger partial charge in [-0.25, -0.2) is 0 Å². The van der Waals surface area contributed by atoms with E-state index in [1.807, 2.05) is 0 Å². The van der Waals surface area contributed by atoms with E-state index in [9.17, 15) is 13.2 Å². The van der Waals surface area contributed by atoms with Gasteiger partial charge >= 0.3 is 6.18 Å². The Morgan fingerprint density at radius 2 is 1.76 bits per heavy atom. The molecule has 2 aromatic carbocycles. The normalized spacial score (nSPS) is 13.3. The van der Waals surface area contributed by atoms with Crippen LogP contribution in [0.4, 0.5) is 18.9 Å². The van der Waals surface area contributed by atoms with Gasteiger partial charge in [0.1, 0.15) is 11.5 Å². The molecule has 0 fully saturated rings. The maximum atomic E-state index is 12.5. The van der Waals surface area contributed by atoms with E-state index in [-0.39, 0.29) is 18.2 Å². The highest BCUT2D eigenvalue weighted by atomic mass is 19.4. The van der Waals surface area contributed by atoms with Crippen LogP contribution in [0.2, 0.25) is 0 Å². The average Bonchev–Trinajstić information content (AvgIpc) is 2.87. The van der Waals surface area contributed by atoms with Crippen LogP contribution in [0.25, 0.3) is 0 Å². The van der Waals surface area contributed by atoms with E-state index in [1.165, 1.54) is 6.07 Å². The van der Waals surface area contributed by atoms with Crippen molar-refractivity contribution in [1.29, 1.82) is 0 Å². The van der Waals surface area contributed by atoms with Gasteiger partial charge in [0.25, 0.3) is 0 Å². The molecule has 0 radical (unpaired) electrons. The molecule has 0 bridgehead atoms. The fourth-order valence-corrected chi connectivity index (χ4v) is 1.89. The lowest BCUT2D eigenvalue weighted by Crippen LogP contribution is -2.05. The molecule has 0 spiro atoms. The van der Waals surface area contributed by atoms with Gasteiger partial charge in [-0.3, -0.25) is 0 Å². The Kier molecular flexibility index (Phi) is 3.04. The number of halogens is 3. The zero-order valence-electron chi connectivity index (χ0n) is 10.6. The first-order valence-electron chi connectivity index (χ1n) is 5.98.